The predicted molar refractivity (Wildman–Crippen MR) is 36.4 cm³/mol. The molecular formula is C8H9OPd-. The van der Waals surface area contributed by atoms with Crippen LogP contribution in [0.2, 0.25) is 0 Å². The molecule has 0 aromatic heterocycles. The van der Waals surface area contributed by atoms with Gasteiger partial charge in [-0.1, -0.05) is 0 Å². The van der Waals surface area contributed by atoms with E-state index in [1.165, 1.54) is 0 Å². The molecule has 2 heteroatoms. The van der Waals surface area contributed by atoms with Crippen molar-refractivity contribution in [2.45, 2.75) is 6.92 Å². The van der Waals surface area contributed by atoms with Crippen molar-refractivity contribution in [2.24, 2.45) is 0 Å². The minimum Gasteiger partial charge on any atom is -0.520 e. The summed E-state index contributed by atoms with van der Waals surface area (Å²) in [4.78, 5) is 0. The van der Waals surface area contributed by atoms with Crippen LogP contribution in [0.5, 0.6) is 5.75 Å². The van der Waals surface area contributed by atoms with Crippen LogP contribution in [-0.2, 0) is 20.4 Å². The minimum absolute atomic E-state index is 0. The molecule has 1 rings (SSSR count). The first-order chi connectivity index (χ1) is 4.43. The molecule has 0 aliphatic rings. The van der Waals surface area contributed by atoms with Crippen LogP contribution in [0.4, 0.5) is 0 Å². The van der Waals surface area contributed by atoms with Crippen LogP contribution in [0.25, 0.3) is 0 Å². The molecule has 0 spiro atoms. The van der Waals surface area contributed by atoms with Crippen molar-refractivity contribution in [3.8, 4) is 5.75 Å². The molecule has 1 nitrogen and oxygen atoms in total. The first-order valence-corrected chi connectivity index (χ1v) is 3.03. The Morgan fingerprint density at radius 2 is 2.30 bits per heavy atom. The molecule has 0 unspecified atom stereocenters. The summed E-state index contributed by atoms with van der Waals surface area (Å²) in [6.45, 7) is 2.67. The van der Waals surface area contributed by atoms with Gasteiger partial charge in [-0.25, -0.2) is 0 Å². The molecule has 10 heavy (non-hydrogen) atoms. The Labute approximate surface area is 75.1 Å². The van der Waals surface area contributed by atoms with E-state index in [4.69, 9.17) is 4.74 Å². The van der Waals surface area contributed by atoms with Gasteiger partial charge >= 0.3 is 0 Å². The summed E-state index contributed by atoms with van der Waals surface area (Å²) in [5.41, 5.74) is 0. The van der Waals surface area contributed by atoms with E-state index in [0.29, 0.717) is 6.61 Å². The Kier molecular flexibility index (Phi) is 5.29. The van der Waals surface area contributed by atoms with Gasteiger partial charge in [0, 0.05) is 26.2 Å². The molecule has 0 heterocycles. The molecule has 0 aliphatic heterocycles. The van der Waals surface area contributed by atoms with E-state index in [2.05, 4.69) is 6.07 Å². The van der Waals surface area contributed by atoms with Gasteiger partial charge in [-0.2, -0.15) is 18.2 Å². The zero-order chi connectivity index (χ0) is 6.53. The fourth-order valence-electron chi connectivity index (χ4n) is 0.622. The van der Waals surface area contributed by atoms with Gasteiger partial charge < -0.3 is 4.74 Å². The molecule has 1 aromatic rings. The summed E-state index contributed by atoms with van der Waals surface area (Å²) in [6.07, 6.45) is 0. The number of hydrogen-bond acceptors (Lipinski definition) is 1. The molecule has 0 atom stereocenters. The average molecular weight is 228 g/mol. The van der Waals surface area contributed by atoms with Gasteiger partial charge in [0.2, 0.25) is 0 Å². The topological polar surface area (TPSA) is 9.23 Å². The van der Waals surface area contributed by atoms with Crippen molar-refractivity contribution >= 4 is 0 Å². The number of para-hydroxylation sites is 1. The first kappa shape index (κ1) is 9.68. The van der Waals surface area contributed by atoms with E-state index in [9.17, 15) is 0 Å². The van der Waals surface area contributed by atoms with Crippen molar-refractivity contribution in [2.75, 3.05) is 6.61 Å². The van der Waals surface area contributed by atoms with Crippen LogP contribution in [0.15, 0.2) is 24.3 Å². The van der Waals surface area contributed by atoms with E-state index in [-0.39, 0.29) is 20.4 Å². The summed E-state index contributed by atoms with van der Waals surface area (Å²) < 4.78 is 5.15. The minimum atomic E-state index is 0. The molecule has 0 saturated heterocycles. The van der Waals surface area contributed by atoms with Crippen LogP contribution in [0.3, 0.4) is 0 Å². The van der Waals surface area contributed by atoms with E-state index in [1.807, 2.05) is 31.2 Å². The number of hydrogen-bond donors (Lipinski definition) is 0. The number of benzene rings is 1. The van der Waals surface area contributed by atoms with Crippen LogP contribution in [-0.4, -0.2) is 6.61 Å². The van der Waals surface area contributed by atoms with E-state index < -0.39 is 0 Å². The van der Waals surface area contributed by atoms with Gasteiger partial charge in [0.05, 0.1) is 6.61 Å². The first-order valence-electron chi connectivity index (χ1n) is 3.03. The third-order valence-electron chi connectivity index (χ3n) is 0.980. The largest absolute Gasteiger partial charge is 0.520 e. The standard InChI is InChI=1S/C8H9O.Pd/c1-2-9-8-6-4-3-5-7-8;/h3-6H,2H2,1H3;/q-1;. The van der Waals surface area contributed by atoms with Gasteiger partial charge in [0.25, 0.3) is 0 Å². The molecular weight excluding hydrogens is 219 g/mol. The fourth-order valence-corrected chi connectivity index (χ4v) is 0.622. The molecule has 1 aromatic carbocycles. The normalized spacial score (nSPS) is 8.10. The Morgan fingerprint density at radius 1 is 1.50 bits per heavy atom. The van der Waals surface area contributed by atoms with E-state index in [0.717, 1.165) is 5.75 Å². The number of ether oxygens (including phenoxy) is 1. The molecule has 0 amide bonds. The predicted octanol–water partition coefficient (Wildman–Crippen LogP) is 1.88. The van der Waals surface area contributed by atoms with Gasteiger partial charge in [-0.3, -0.25) is 0 Å². The van der Waals surface area contributed by atoms with Crippen molar-refractivity contribution < 1.29 is 25.2 Å². The van der Waals surface area contributed by atoms with Crippen molar-refractivity contribution in [1.82, 2.24) is 0 Å². The second-order valence-corrected chi connectivity index (χ2v) is 1.66. The molecule has 0 bridgehead atoms. The van der Waals surface area contributed by atoms with Crippen LogP contribution in [0.1, 0.15) is 6.92 Å². The second kappa shape index (κ2) is 5.47. The molecule has 0 aliphatic carbocycles. The zero-order valence-electron chi connectivity index (χ0n) is 5.74. The quantitative estimate of drug-likeness (QED) is 0.554. The van der Waals surface area contributed by atoms with Crippen molar-refractivity contribution in [1.29, 1.82) is 0 Å². The fraction of sp³-hybridized carbons (Fsp3) is 0.250. The summed E-state index contributed by atoms with van der Waals surface area (Å²) in [5.74, 6) is 0.819. The molecule has 0 radical (unpaired) electrons. The third-order valence-corrected chi connectivity index (χ3v) is 0.980. The van der Waals surface area contributed by atoms with Crippen LogP contribution >= 0.6 is 0 Å². The number of rotatable bonds is 2. The van der Waals surface area contributed by atoms with Crippen LogP contribution < -0.4 is 4.74 Å². The molecule has 0 saturated carbocycles. The molecule has 0 fully saturated rings. The summed E-state index contributed by atoms with van der Waals surface area (Å²) >= 11 is 0. The zero-order valence-corrected chi connectivity index (χ0v) is 7.30. The Morgan fingerprint density at radius 3 is 2.80 bits per heavy atom. The van der Waals surface area contributed by atoms with Crippen molar-refractivity contribution in [3.05, 3.63) is 30.3 Å². The maximum Gasteiger partial charge on any atom is 0.0822 e. The van der Waals surface area contributed by atoms with Gasteiger partial charge in [-0.15, -0.1) is 12.1 Å². The SMILES string of the molecule is CCOc1[c-]cccc1.[Pd]. The van der Waals surface area contributed by atoms with Gasteiger partial charge in [0.15, 0.2) is 0 Å². The van der Waals surface area contributed by atoms with Gasteiger partial charge in [0.1, 0.15) is 0 Å². The van der Waals surface area contributed by atoms with E-state index >= 15 is 0 Å². The summed E-state index contributed by atoms with van der Waals surface area (Å²) in [6, 6.07) is 10.5. The molecule has 58 valence electrons. The van der Waals surface area contributed by atoms with Crippen molar-refractivity contribution in [3.63, 3.8) is 0 Å². The van der Waals surface area contributed by atoms with Crippen LogP contribution in [0, 0.1) is 6.07 Å². The summed E-state index contributed by atoms with van der Waals surface area (Å²) in [5, 5.41) is 0. The Hall–Kier alpha value is -0.318. The van der Waals surface area contributed by atoms with E-state index in [1.54, 1.807) is 0 Å². The monoisotopic (exact) mass is 227 g/mol. The summed E-state index contributed by atoms with van der Waals surface area (Å²) in [7, 11) is 0. The average Bonchev–Trinajstić information content (AvgIpc) is 1.91. The molecule has 0 N–H and O–H groups in total. The Balaban J connectivity index is 0.000000810. The third kappa shape index (κ3) is 3.01. The Bertz CT molecular complexity index is 162. The maximum atomic E-state index is 5.15. The van der Waals surface area contributed by atoms with Gasteiger partial charge in [-0.05, 0) is 6.92 Å². The second-order valence-electron chi connectivity index (χ2n) is 1.66. The smallest absolute Gasteiger partial charge is 0.0822 e. The maximum absolute atomic E-state index is 5.15.